The van der Waals surface area contributed by atoms with Crippen LogP contribution in [0, 0.1) is 0 Å². The Morgan fingerprint density at radius 1 is 1.18 bits per heavy atom. The van der Waals surface area contributed by atoms with Crippen molar-refractivity contribution in [2.24, 2.45) is 0 Å². The first-order valence-corrected chi connectivity index (χ1v) is 13.8. The molecule has 3 aliphatic rings. The van der Waals surface area contributed by atoms with Gasteiger partial charge in [-0.1, -0.05) is 18.2 Å². The third kappa shape index (κ3) is 5.26. The van der Waals surface area contributed by atoms with Gasteiger partial charge in [-0.15, -0.1) is 0 Å². The fourth-order valence-electron chi connectivity index (χ4n) is 5.73. The molecule has 39 heavy (non-hydrogen) atoms. The smallest absolute Gasteiger partial charge is 0.410 e. The van der Waals surface area contributed by atoms with Crippen LogP contribution in [0.3, 0.4) is 0 Å². The van der Waals surface area contributed by atoms with Gasteiger partial charge in [0.25, 0.3) is 5.91 Å². The summed E-state index contributed by atoms with van der Waals surface area (Å²) >= 11 is 0. The van der Waals surface area contributed by atoms with Crippen LogP contribution < -0.4 is 5.32 Å². The van der Waals surface area contributed by atoms with Crippen LogP contribution in [0.1, 0.15) is 47.1 Å². The van der Waals surface area contributed by atoms with Gasteiger partial charge in [0.1, 0.15) is 0 Å². The van der Waals surface area contributed by atoms with Crippen LogP contribution in [0.2, 0.25) is 0 Å². The van der Waals surface area contributed by atoms with E-state index in [-0.39, 0.29) is 24.1 Å². The molecule has 6 rings (SSSR count). The molecule has 0 spiro atoms. The van der Waals surface area contributed by atoms with Gasteiger partial charge in [-0.25, -0.2) is 14.3 Å². The quantitative estimate of drug-likeness (QED) is 0.541. The van der Waals surface area contributed by atoms with Crippen molar-refractivity contribution in [1.82, 2.24) is 29.7 Å². The van der Waals surface area contributed by atoms with E-state index >= 15 is 0 Å². The van der Waals surface area contributed by atoms with Crippen molar-refractivity contribution in [3.63, 3.8) is 0 Å². The number of hydrogen-bond acceptors (Lipinski definition) is 7. The van der Waals surface area contributed by atoms with Gasteiger partial charge in [-0.3, -0.25) is 4.79 Å². The van der Waals surface area contributed by atoms with Crippen LogP contribution in [0.15, 0.2) is 48.7 Å². The molecule has 2 atom stereocenters. The van der Waals surface area contributed by atoms with Gasteiger partial charge >= 0.3 is 6.09 Å². The minimum atomic E-state index is -0.274. The van der Waals surface area contributed by atoms with Crippen LogP contribution in [-0.2, 0) is 15.9 Å². The number of fused-ring (bicyclic) bond motifs is 2. The Labute approximate surface area is 227 Å². The number of benzene rings is 1. The van der Waals surface area contributed by atoms with E-state index in [1.165, 1.54) is 0 Å². The zero-order valence-electron chi connectivity index (χ0n) is 22.2. The van der Waals surface area contributed by atoms with Crippen molar-refractivity contribution >= 4 is 23.2 Å². The van der Waals surface area contributed by atoms with E-state index in [0.717, 1.165) is 54.1 Å². The molecule has 2 saturated heterocycles. The summed E-state index contributed by atoms with van der Waals surface area (Å²) in [5.41, 5.74) is 4.72. The first-order chi connectivity index (χ1) is 19.1. The van der Waals surface area contributed by atoms with E-state index in [9.17, 15) is 9.59 Å². The Hall–Kier alpha value is -3.76. The number of ether oxygens (including phenoxy) is 2. The molecule has 3 aliphatic heterocycles. The lowest BCUT2D eigenvalue weighted by Gasteiger charge is -2.44. The van der Waals surface area contributed by atoms with Gasteiger partial charge in [-0.2, -0.15) is 5.10 Å². The van der Waals surface area contributed by atoms with E-state index in [2.05, 4.69) is 17.5 Å². The number of aromatic nitrogens is 3. The Morgan fingerprint density at radius 2 is 2.05 bits per heavy atom. The third-order valence-electron chi connectivity index (χ3n) is 7.76. The lowest BCUT2D eigenvalue weighted by atomic mass is 9.99. The van der Waals surface area contributed by atoms with Crippen LogP contribution in [0.4, 0.5) is 4.79 Å². The minimum absolute atomic E-state index is 0.0568. The topological polar surface area (TPSA) is 101 Å². The fourth-order valence-corrected chi connectivity index (χ4v) is 5.73. The zero-order valence-corrected chi connectivity index (χ0v) is 22.2. The van der Waals surface area contributed by atoms with E-state index < -0.39 is 0 Å². The number of rotatable bonds is 5. The number of piperidine rings is 1. The average molecular weight is 531 g/mol. The second-order valence-electron chi connectivity index (χ2n) is 10.2. The van der Waals surface area contributed by atoms with Gasteiger partial charge in [-0.05, 0) is 61.7 Å². The number of carbonyl (C=O) groups is 2. The number of carbonyl (C=O) groups excluding carboxylic acids is 2. The number of morpholine rings is 1. The second-order valence-corrected chi connectivity index (χ2v) is 10.2. The first-order valence-electron chi connectivity index (χ1n) is 13.8. The minimum Gasteiger partial charge on any atom is -0.450 e. The van der Waals surface area contributed by atoms with Gasteiger partial charge < -0.3 is 24.6 Å². The molecule has 1 aromatic carbocycles. The molecule has 0 bridgehead atoms. The Bertz CT molecular complexity index is 1380. The summed E-state index contributed by atoms with van der Waals surface area (Å²) in [6, 6.07) is 11.9. The molecule has 10 nitrogen and oxygen atoms in total. The molecule has 2 amide bonds. The summed E-state index contributed by atoms with van der Waals surface area (Å²) in [6.07, 6.45) is 6.05. The summed E-state index contributed by atoms with van der Waals surface area (Å²) in [6.45, 7) is 6.23. The highest BCUT2D eigenvalue weighted by molar-refractivity contribution is 5.94. The highest BCUT2D eigenvalue weighted by Crippen LogP contribution is 2.26. The number of hydrogen-bond donors (Lipinski definition) is 1. The van der Waals surface area contributed by atoms with E-state index in [4.69, 9.17) is 19.6 Å². The normalized spacial score (nSPS) is 21.4. The molecule has 0 aliphatic carbocycles. The van der Waals surface area contributed by atoms with Crippen molar-refractivity contribution < 1.29 is 19.1 Å². The predicted molar refractivity (Wildman–Crippen MR) is 145 cm³/mol. The van der Waals surface area contributed by atoms with Gasteiger partial charge in [0, 0.05) is 49.9 Å². The van der Waals surface area contributed by atoms with Gasteiger partial charge in [0.05, 0.1) is 25.4 Å². The average Bonchev–Trinajstić information content (AvgIpc) is 3.40. The summed E-state index contributed by atoms with van der Waals surface area (Å²) < 4.78 is 12.8. The largest absolute Gasteiger partial charge is 0.450 e. The molecule has 10 heteroatoms. The molecule has 1 N–H and O–H groups in total. The summed E-state index contributed by atoms with van der Waals surface area (Å²) in [5.74, 6) is 0.775. The van der Waals surface area contributed by atoms with Gasteiger partial charge in [0.15, 0.2) is 11.5 Å². The number of pyridine rings is 1. The van der Waals surface area contributed by atoms with E-state index in [1.807, 2.05) is 52.9 Å². The molecule has 3 aromatic rings. The second kappa shape index (κ2) is 11.2. The molecule has 2 fully saturated rings. The number of amides is 2. The van der Waals surface area contributed by atoms with Crippen LogP contribution in [0.5, 0.6) is 0 Å². The molecular formula is C29H34N6O4. The fraction of sp³-hybridized carbons (Fsp3) is 0.448. The molecular weight excluding hydrogens is 496 g/mol. The van der Waals surface area contributed by atoms with Crippen LogP contribution in [0.25, 0.3) is 11.2 Å². The number of nitrogens with zero attached hydrogens (tertiary/aromatic N) is 5. The summed E-state index contributed by atoms with van der Waals surface area (Å²) in [7, 11) is 0. The molecule has 204 valence electrons. The Kier molecular flexibility index (Phi) is 7.30. The van der Waals surface area contributed by atoms with Crippen molar-refractivity contribution in [1.29, 1.82) is 0 Å². The van der Waals surface area contributed by atoms with Crippen molar-refractivity contribution in [3.8, 4) is 0 Å². The molecule has 5 heterocycles. The summed E-state index contributed by atoms with van der Waals surface area (Å²) in [5, 5.41) is 8.09. The maximum atomic E-state index is 13.3. The highest BCUT2D eigenvalue weighted by Gasteiger charge is 2.37. The first kappa shape index (κ1) is 25.5. The monoisotopic (exact) mass is 530 g/mol. The van der Waals surface area contributed by atoms with E-state index in [1.54, 1.807) is 4.90 Å². The SMILES string of the molecule is CCOC(=O)N1CC=C(c2cccn3nc(Cc4ccc(C(=O)N5CCOC6CCNCC65)cc4)nc23)CC1. The molecule has 0 radical (unpaired) electrons. The lowest BCUT2D eigenvalue weighted by molar-refractivity contribution is -0.0699. The Balaban J connectivity index is 1.15. The van der Waals surface area contributed by atoms with Crippen molar-refractivity contribution in [2.75, 3.05) is 45.9 Å². The van der Waals surface area contributed by atoms with Crippen molar-refractivity contribution in [2.45, 2.75) is 38.3 Å². The maximum Gasteiger partial charge on any atom is 0.410 e. The zero-order chi connectivity index (χ0) is 26.8. The third-order valence-corrected chi connectivity index (χ3v) is 7.76. The lowest BCUT2D eigenvalue weighted by Crippen LogP contribution is -2.60. The van der Waals surface area contributed by atoms with Crippen LogP contribution >= 0.6 is 0 Å². The highest BCUT2D eigenvalue weighted by atomic mass is 16.6. The molecule has 2 aromatic heterocycles. The Morgan fingerprint density at radius 3 is 2.85 bits per heavy atom. The predicted octanol–water partition coefficient (Wildman–Crippen LogP) is 2.77. The molecule has 2 unspecified atom stereocenters. The number of nitrogens with one attached hydrogen (secondary N) is 1. The van der Waals surface area contributed by atoms with Crippen molar-refractivity contribution in [3.05, 3.63) is 71.2 Å². The standard InChI is InChI=1S/C29H34N6O4/c1-2-38-29(37)33-14-10-21(11-15-33)23-4-3-13-35-27(23)31-26(32-35)18-20-5-7-22(8-6-20)28(36)34-16-17-39-25-9-12-30-19-24(25)34/h3-8,10,13,24-25,30H,2,9,11-12,14-19H2,1H3. The van der Waals surface area contributed by atoms with E-state index in [0.29, 0.717) is 44.8 Å². The van der Waals surface area contributed by atoms with Gasteiger partial charge in [0.2, 0.25) is 0 Å². The van der Waals surface area contributed by atoms with Crippen LogP contribution in [-0.4, -0.2) is 94.5 Å². The molecule has 0 saturated carbocycles. The maximum absolute atomic E-state index is 13.3. The summed E-state index contributed by atoms with van der Waals surface area (Å²) in [4.78, 5) is 33.9.